The largest absolute Gasteiger partial charge is 0.261 e. The SMILES string of the molecule is CCc1cncc(CC(C)c2ccncn2)n1. The zero-order valence-electron chi connectivity index (χ0n) is 10.2. The molecule has 0 aliphatic rings. The molecule has 0 spiro atoms. The topological polar surface area (TPSA) is 51.6 Å². The van der Waals surface area contributed by atoms with Gasteiger partial charge in [-0.05, 0) is 18.9 Å². The molecule has 1 atom stereocenters. The lowest BCUT2D eigenvalue weighted by atomic mass is 10.0. The first-order valence-corrected chi connectivity index (χ1v) is 5.85. The Bertz CT molecular complexity index is 470. The van der Waals surface area contributed by atoms with E-state index in [9.17, 15) is 0 Å². The zero-order chi connectivity index (χ0) is 12.1. The Kier molecular flexibility index (Phi) is 3.75. The van der Waals surface area contributed by atoms with Gasteiger partial charge < -0.3 is 0 Å². The highest BCUT2D eigenvalue weighted by Gasteiger charge is 2.09. The summed E-state index contributed by atoms with van der Waals surface area (Å²) in [7, 11) is 0. The maximum Gasteiger partial charge on any atom is 0.115 e. The molecule has 0 aromatic carbocycles. The van der Waals surface area contributed by atoms with Gasteiger partial charge in [-0.25, -0.2) is 9.97 Å². The van der Waals surface area contributed by atoms with Crippen molar-refractivity contribution in [1.82, 2.24) is 19.9 Å². The molecule has 2 aromatic rings. The minimum atomic E-state index is 0.333. The standard InChI is InChI=1S/C13H16N4/c1-3-11-7-15-8-12(17-11)6-10(2)13-4-5-14-9-16-13/h4-5,7-10H,3,6H2,1-2H3. The average Bonchev–Trinajstić information content (AvgIpc) is 2.40. The highest BCUT2D eigenvalue weighted by Crippen LogP contribution is 2.16. The van der Waals surface area contributed by atoms with E-state index in [1.165, 1.54) is 0 Å². The second kappa shape index (κ2) is 5.48. The Morgan fingerprint density at radius 2 is 2.00 bits per heavy atom. The van der Waals surface area contributed by atoms with E-state index in [-0.39, 0.29) is 0 Å². The van der Waals surface area contributed by atoms with Crippen LogP contribution >= 0.6 is 0 Å². The van der Waals surface area contributed by atoms with Gasteiger partial charge in [0.2, 0.25) is 0 Å². The molecule has 4 heteroatoms. The van der Waals surface area contributed by atoms with Crippen molar-refractivity contribution >= 4 is 0 Å². The predicted molar refractivity (Wildman–Crippen MR) is 65.6 cm³/mol. The van der Waals surface area contributed by atoms with Crippen molar-refractivity contribution in [1.29, 1.82) is 0 Å². The van der Waals surface area contributed by atoms with Gasteiger partial charge >= 0.3 is 0 Å². The van der Waals surface area contributed by atoms with Crippen molar-refractivity contribution in [3.05, 3.63) is 48.1 Å². The Morgan fingerprint density at radius 1 is 1.18 bits per heavy atom. The molecule has 0 aliphatic heterocycles. The number of aryl methyl sites for hydroxylation is 1. The van der Waals surface area contributed by atoms with Crippen molar-refractivity contribution in [2.75, 3.05) is 0 Å². The van der Waals surface area contributed by atoms with Crippen LogP contribution in [0.1, 0.15) is 36.8 Å². The maximum absolute atomic E-state index is 4.55. The van der Waals surface area contributed by atoms with Gasteiger partial charge in [0.05, 0.1) is 11.4 Å². The lowest BCUT2D eigenvalue weighted by Crippen LogP contribution is -2.04. The molecular formula is C13H16N4. The van der Waals surface area contributed by atoms with Gasteiger partial charge in [0.1, 0.15) is 6.33 Å². The minimum Gasteiger partial charge on any atom is -0.261 e. The first-order valence-electron chi connectivity index (χ1n) is 5.85. The lowest BCUT2D eigenvalue weighted by molar-refractivity contribution is 0.703. The van der Waals surface area contributed by atoms with Gasteiger partial charge in [0, 0.05) is 30.2 Å². The van der Waals surface area contributed by atoms with E-state index < -0.39 is 0 Å². The van der Waals surface area contributed by atoms with Crippen molar-refractivity contribution < 1.29 is 0 Å². The van der Waals surface area contributed by atoms with Crippen molar-refractivity contribution in [2.45, 2.75) is 32.6 Å². The van der Waals surface area contributed by atoms with Gasteiger partial charge in [-0.3, -0.25) is 9.97 Å². The normalized spacial score (nSPS) is 12.4. The van der Waals surface area contributed by atoms with Crippen LogP contribution in [-0.4, -0.2) is 19.9 Å². The van der Waals surface area contributed by atoms with Crippen LogP contribution in [0.3, 0.4) is 0 Å². The van der Waals surface area contributed by atoms with E-state index in [1.807, 2.05) is 18.5 Å². The molecule has 1 unspecified atom stereocenters. The number of hydrogen-bond acceptors (Lipinski definition) is 4. The summed E-state index contributed by atoms with van der Waals surface area (Å²) in [5, 5.41) is 0. The summed E-state index contributed by atoms with van der Waals surface area (Å²) in [4.78, 5) is 16.9. The summed E-state index contributed by atoms with van der Waals surface area (Å²) in [5.74, 6) is 0.333. The molecule has 0 radical (unpaired) electrons. The van der Waals surface area contributed by atoms with Gasteiger partial charge in [0.15, 0.2) is 0 Å². The van der Waals surface area contributed by atoms with E-state index in [1.54, 1.807) is 12.5 Å². The second-order valence-electron chi connectivity index (χ2n) is 4.09. The molecule has 0 amide bonds. The Labute approximate surface area is 101 Å². The molecule has 0 fully saturated rings. The van der Waals surface area contributed by atoms with E-state index in [0.29, 0.717) is 5.92 Å². The molecule has 0 bridgehead atoms. The van der Waals surface area contributed by atoms with E-state index in [2.05, 4.69) is 33.8 Å². The fraction of sp³-hybridized carbons (Fsp3) is 0.385. The monoisotopic (exact) mass is 228 g/mol. The molecule has 2 aromatic heterocycles. The summed E-state index contributed by atoms with van der Waals surface area (Å²) in [6.45, 7) is 4.23. The summed E-state index contributed by atoms with van der Waals surface area (Å²) < 4.78 is 0. The van der Waals surface area contributed by atoms with Crippen LogP contribution in [0.15, 0.2) is 31.0 Å². The summed E-state index contributed by atoms with van der Waals surface area (Å²) >= 11 is 0. The van der Waals surface area contributed by atoms with E-state index >= 15 is 0 Å². The van der Waals surface area contributed by atoms with Crippen molar-refractivity contribution in [3.8, 4) is 0 Å². The third-order valence-corrected chi connectivity index (χ3v) is 2.72. The highest BCUT2D eigenvalue weighted by molar-refractivity contribution is 5.11. The molecule has 0 N–H and O–H groups in total. The zero-order valence-corrected chi connectivity index (χ0v) is 10.2. The van der Waals surface area contributed by atoms with Crippen LogP contribution in [-0.2, 0) is 12.8 Å². The molecule has 17 heavy (non-hydrogen) atoms. The van der Waals surface area contributed by atoms with Gasteiger partial charge in [0.25, 0.3) is 0 Å². The lowest BCUT2D eigenvalue weighted by Gasteiger charge is -2.10. The summed E-state index contributed by atoms with van der Waals surface area (Å²) in [6.07, 6.45) is 8.78. The quantitative estimate of drug-likeness (QED) is 0.804. The molecular weight excluding hydrogens is 212 g/mol. The van der Waals surface area contributed by atoms with Crippen LogP contribution in [0.5, 0.6) is 0 Å². The third kappa shape index (κ3) is 3.06. The molecule has 0 saturated heterocycles. The number of nitrogens with zero attached hydrogens (tertiary/aromatic N) is 4. The Hall–Kier alpha value is -1.84. The fourth-order valence-electron chi connectivity index (χ4n) is 1.73. The Morgan fingerprint density at radius 3 is 2.71 bits per heavy atom. The summed E-state index contributed by atoms with van der Waals surface area (Å²) in [6, 6.07) is 1.95. The van der Waals surface area contributed by atoms with Crippen LogP contribution < -0.4 is 0 Å². The molecule has 2 rings (SSSR count). The van der Waals surface area contributed by atoms with Gasteiger partial charge in [-0.2, -0.15) is 0 Å². The Balaban J connectivity index is 2.10. The third-order valence-electron chi connectivity index (χ3n) is 2.72. The summed E-state index contributed by atoms with van der Waals surface area (Å²) in [5.41, 5.74) is 3.11. The second-order valence-corrected chi connectivity index (χ2v) is 4.09. The van der Waals surface area contributed by atoms with E-state index in [4.69, 9.17) is 0 Å². The molecule has 0 aliphatic carbocycles. The van der Waals surface area contributed by atoms with Crippen molar-refractivity contribution in [2.24, 2.45) is 0 Å². The number of rotatable bonds is 4. The number of hydrogen-bond donors (Lipinski definition) is 0. The van der Waals surface area contributed by atoms with Crippen LogP contribution in [0, 0.1) is 0 Å². The van der Waals surface area contributed by atoms with Crippen LogP contribution in [0.4, 0.5) is 0 Å². The van der Waals surface area contributed by atoms with Crippen LogP contribution in [0.2, 0.25) is 0 Å². The highest BCUT2D eigenvalue weighted by atomic mass is 14.8. The first kappa shape index (κ1) is 11.6. The van der Waals surface area contributed by atoms with E-state index in [0.717, 1.165) is 29.9 Å². The number of aromatic nitrogens is 4. The molecule has 0 saturated carbocycles. The maximum atomic E-state index is 4.55. The first-order chi connectivity index (χ1) is 8.29. The van der Waals surface area contributed by atoms with Gasteiger partial charge in [-0.1, -0.05) is 13.8 Å². The van der Waals surface area contributed by atoms with Crippen LogP contribution in [0.25, 0.3) is 0 Å². The van der Waals surface area contributed by atoms with Crippen molar-refractivity contribution in [3.63, 3.8) is 0 Å². The fourth-order valence-corrected chi connectivity index (χ4v) is 1.73. The molecule has 4 nitrogen and oxygen atoms in total. The molecule has 2 heterocycles. The smallest absolute Gasteiger partial charge is 0.115 e. The molecule has 88 valence electrons. The minimum absolute atomic E-state index is 0.333. The average molecular weight is 228 g/mol. The van der Waals surface area contributed by atoms with Gasteiger partial charge in [-0.15, -0.1) is 0 Å². The predicted octanol–water partition coefficient (Wildman–Crippen LogP) is 2.18.